The van der Waals surface area contributed by atoms with Crippen molar-refractivity contribution in [1.29, 1.82) is 5.26 Å². The highest BCUT2D eigenvalue weighted by molar-refractivity contribution is 5.70. The van der Waals surface area contributed by atoms with E-state index in [2.05, 4.69) is 13.0 Å². The van der Waals surface area contributed by atoms with Crippen molar-refractivity contribution in [2.24, 2.45) is 0 Å². The average molecular weight is 510 g/mol. The van der Waals surface area contributed by atoms with E-state index in [4.69, 9.17) is 9.72 Å². The molecule has 0 spiro atoms. The number of nitrogens with zero attached hydrogens (tertiary/aromatic N) is 3. The Hall–Kier alpha value is -4.24. The highest BCUT2D eigenvalue weighted by Crippen LogP contribution is 2.28. The highest BCUT2D eigenvalue weighted by atomic mass is 19.1. The zero-order chi connectivity index (χ0) is 27.2. The molecule has 0 bridgehead atoms. The lowest BCUT2D eigenvalue weighted by Crippen LogP contribution is -2.29. The normalized spacial score (nSPS) is 11.0. The van der Waals surface area contributed by atoms with Crippen LogP contribution in [0.15, 0.2) is 71.5 Å². The first kappa shape index (κ1) is 26.8. The van der Waals surface area contributed by atoms with Gasteiger partial charge in [0.2, 0.25) is 0 Å². The number of ether oxygens (including phenoxy) is 1. The van der Waals surface area contributed by atoms with Gasteiger partial charge in [-0.1, -0.05) is 62.4 Å². The maximum absolute atomic E-state index is 14.9. The van der Waals surface area contributed by atoms with E-state index in [1.807, 2.05) is 63.2 Å². The van der Waals surface area contributed by atoms with Crippen molar-refractivity contribution in [1.82, 2.24) is 9.55 Å². The first-order chi connectivity index (χ1) is 18.4. The number of rotatable bonds is 9. The quantitative estimate of drug-likeness (QED) is 0.245. The van der Waals surface area contributed by atoms with E-state index < -0.39 is 5.82 Å². The molecular weight excluding hydrogens is 477 g/mol. The summed E-state index contributed by atoms with van der Waals surface area (Å²) in [7, 11) is 0. The topological polar surface area (TPSA) is 67.9 Å². The van der Waals surface area contributed by atoms with Crippen molar-refractivity contribution < 1.29 is 9.13 Å². The van der Waals surface area contributed by atoms with Crippen LogP contribution in [0.4, 0.5) is 4.39 Å². The standard InChI is InChI=1S/C32H32FN3O2/c1-5-9-30-35-28(6-2)31(24-16-17-29(27(33)18-24)38-21(3)4)32(37)36(30)20-22-12-14-23(15-13-22)26-11-8-7-10-25(26)19-34/h7-8,10-18,21H,5-6,9,20H2,1-4H3. The molecule has 0 aliphatic carbocycles. The van der Waals surface area contributed by atoms with Gasteiger partial charge in [0.05, 0.1) is 35.5 Å². The molecule has 0 N–H and O–H groups in total. The fourth-order valence-electron chi connectivity index (χ4n) is 4.58. The van der Waals surface area contributed by atoms with Gasteiger partial charge >= 0.3 is 0 Å². The van der Waals surface area contributed by atoms with Crippen LogP contribution in [0.3, 0.4) is 0 Å². The number of halogens is 1. The van der Waals surface area contributed by atoms with Gasteiger partial charge in [0, 0.05) is 6.42 Å². The molecule has 38 heavy (non-hydrogen) atoms. The lowest BCUT2D eigenvalue weighted by molar-refractivity contribution is 0.231. The van der Waals surface area contributed by atoms with Gasteiger partial charge in [-0.05, 0) is 67.1 Å². The Morgan fingerprint density at radius 1 is 1.03 bits per heavy atom. The summed E-state index contributed by atoms with van der Waals surface area (Å²) in [5.74, 6) is 0.378. The summed E-state index contributed by atoms with van der Waals surface area (Å²) in [6.07, 6.45) is 1.90. The molecule has 0 radical (unpaired) electrons. The number of nitriles is 1. The molecule has 0 saturated carbocycles. The van der Waals surface area contributed by atoms with E-state index in [1.165, 1.54) is 6.07 Å². The van der Waals surface area contributed by atoms with Gasteiger partial charge in [-0.3, -0.25) is 9.36 Å². The van der Waals surface area contributed by atoms with Crippen LogP contribution in [0, 0.1) is 17.1 Å². The van der Waals surface area contributed by atoms with Crippen LogP contribution in [0.5, 0.6) is 5.75 Å². The van der Waals surface area contributed by atoms with Crippen LogP contribution in [0.25, 0.3) is 22.3 Å². The third-order valence-electron chi connectivity index (χ3n) is 6.37. The van der Waals surface area contributed by atoms with Crippen LogP contribution in [0.1, 0.15) is 56.8 Å². The monoisotopic (exact) mass is 509 g/mol. The van der Waals surface area contributed by atoms with E-state index in [0.29, 0.717) is 41.8 Å². The molecule has 0 saturated heterocycles. The molecule has 0 amide bonds. The minimum atomic E-state index is -0.505. The Labute approximate surface area is 223 Å². The summed E-state index contributed by atoms with van der Waals surface area (Å²) in [5.41, 5.74) is 4.75. The molecule has 0 unspecified atom stereocenters. The van der Waals surface area contributed by atoms with Gasteiger partial charge in [-0.25, -0.2) is 9.37 Å². The third-order valence-corrected chi connectivity index (χ3v) is 6.37. The third kappa shape index (κ3) is 5.68. The van der Waals surface area contributed by atoms with E-state index in [9.17, 15) is 14.4 Å². The Kier molecular flexibility index (Phi) is 8.38. The second kappa shape index (κ2) is 11.9. The van der Waals surface area contributed by atoms with Gasteiger partial charge in [0.1, 0.15) is 5.82 Å². The maximum atomic E-state index is 14.9. The lowest BCUT2D eigenvalue weighted by atomic mass is 9.99. The number of benzene rings is 3. The molecule has 1 aromatic heterocycles. The van der Waals surface area contributed by atoms with Crippen LogP contribution >= 0.6 is 0 Å². The first-order valence-electron chi connectivity index (χ1n) is 13.0. The van der Waals surface area contributed by atoms with Crippen LogP contribution < -0.4 is 10.3 Å². The fraction of sp³-hybridized carbons (Fsp3) is 0.281. The summed E-state index contributed by atoms with van der Waals surface area (Å²) < 4.78 is 22.1. The van der Waals surface area contributed by atoms with Crippen molar-refractivity contribution in [2.75, 3.05) is 0 Å². The van der Waals surface area contributed by atoms with E-state index >= 15 is 0 Å². The molecule has 1 heterocycles. The second-order valence-corrected chi connectivity index (χ2v) is 9.51. The van der Waals surface area contributed by atoms with E-state index in [0.717, 1.165) is 28.9 Å². The van der Waals surface area contributed by atoms with Crippen molar-refractivity contribution >= 4 is 0 Å². The summed E-state index contributed by atoms with van der Waals surface area (Å²) in [5, 5.41) is 9.45. The van der Waals surface area contributed by atoms with Crippen molar-refractivity contribution in [3.05, 3.63) is 106 Å². The SMILES string of the molecule is CCCc1nc(CC)c(-c2ccc(OC(C)C)c(F)c2)c(=O)n1Cc1ccc(-c2ccccc2C#N)cc1. The molecule has 4 rings (SSSR count). The smallest absolute Gasteiger partial charge is 0.261 e. The molecule has 0 aliphatic heterocycles. The molecular formula is C32H32FN3O2. The minimum Gasteiger partial charge on any atom is -0.488 e. The largest absolute Gasteiger partial charge is 0.488 e. The van der Waals surface area contributed by atoms with Gasteiger partial charge in [-0.2, -0.15) is 5.26 Å². The van der Waals surface area contributed by atoms with E-state index in [-0.39, 0.29) is 17.4 Å². The lowest BCUT2D eigenvalue weighted by Gasteiger charge is -2.18. The van der Waals surface area contributed by atoms with Gasteiger partial charge in [0.25, 0.3) is 5.56 Å². The molecule has 0 aliphatic rings. The predicted molar refractivity (Wildman–Crippen MR) is 149 cm³/mol. The zero-order valence-corrected chi connectivity index (χ0v) is 22.3. The molecule has 4 aromatic rings. The van der Waals surface area contributed by atoms with Gasteiger partial charge < -0.3 is 4.74 Å². The summed E-state index contributed by atoms with van der Waals surface area (Å²) in [6, 6.07) is 22.3. The summed E-state index contributed by atoms with van der Waals surface area (Å²) in [4.78, 5) is 18.8. The van der Waals surface area contributed by atoms with Crippen molar-refractivity contribution in [3.8, 4) is 34.1 Å². The molecule has 6 heteroatoms. The van der Waals surface area contributed by atoms with Crippen molar-refractivity contribution in [2.45, 2.75) is 59.6 Å². The Bertz CT molecular complexity index is 1530. The van der Waals surface area contributed by atoms with Crippen molar-refractivity contribution in [3.63, 3.8) is 0 Å². The fourth-order valence-corrected chi connectivity index (χ4v) is 4.58. The number of aryl methyl sites for hydroxylation is 2. The van der Waals surface area contributed by atoms with E-state index in [1.54, 1.807) is 22.8 Å². The molecule has 194 valence electrons. The summed E-state index contributed by atoms with van der Waals surface area (Å²) >= 11 is 0. The van der Waals surface area contributed by atoms with Gasteiger partial charge in [-0.15, -0.1) is 0 Å². The highest BCUT2D eigenvalue weighted by Gasteiger charge is 2.19. The molecule has 5 nitrogen and oxygen atoms in total. The van der Waals surface area contributed by atoms with Crippen LogP contribution in [0.2, 0.25) is 0 Å². The number of aromatic nitrogens is 2. The molecule has 0 fully saturated rings. The summed E-state index contributed by atoms with van der Waals surface area (Å²) in [6.45, 7) is 8.03. The Morgan fingerprint density at radius 2 is 1.74 bits per heavy atom. The molecule has 0 atom stereocenters. The van der Waals surface area contributed by atoms with Crippen LogP contribution in [-0.4, -0.2) is 15.7 Å². The first-order valence-corrected chi connectivity index (χ1v) is 13.0. The maximum Gasteiger partial charge on any atom is 0.261 e. The van der Waals surface area contributed by atoms with Gasteiger partial charge in [0.15, 0.2) is 11.6 Å². The minimum absolute atomic E-state index is 0.159. The second-order valence-electron chi connectivity index (χ2n) is 9.51. The Balaban J connectivity index is 1.76. The Morgan fingerprint density at radius 3 is 2.37 bits per heavy atom. The predicted octanol–water partition coefficient (Wildman–Crippen LogP) is 6.94. The zero-order valence-electron chi connectivity index (χ0n) is 22.3. The molecule has 3 aromatic carbocycles. The number of hydrogen-bond acceptors (Lipinski definition) is 4. The number of hydrogen-bond donors (Lipinski definition) is 0. The van der Waals surface area contributed by atoms with Crippen LogP contribution in [-0.2, 0) is 19.4 Å². The average Bonchev–Trinajstić information content (AvgIpc) is 2.92.